The Kier molecular flexibility index (Phi) is 4.34. The molecule has 7 nitrogen and oxygen atoms in total. The van der Waals surface area contributed by atoms with E-state index in [1.54, 1.807) is 0 Å². The molecular weight excluding hydrogens is 350 g/mol. The van der Waals surface area contributed by atoms with Crippen molar-refractivity contribution in [3.63, 3.8) is 0 Å². The van der Waals surface area contributed by atoms with Crippen molar-refractivity contribution in [2.75, 3.05) is 31.1 Å². The van der Waals surface area contributed by atoms with Crippen LogP contribution in [0.3, 0.4) is 0 Å². The van der Waals surface area contributed by atoms with E-state index >= 15 is 0 Å². The van der Waals surface area contributed by atoms with E-state index in [-0.39, 0.29) is 4.90 Å². The normalized spacial score (nSPS) is 18.5. The fourth-order valence-electron chi connectivity index (χ4n) is 3.11. The third-order valence-corrected chi connectivity index (χ3v) is 6.76. The van der Waals surface area contributed by atoms with Crippen LogP contribution in [0.1, 0.15) is 30.0 Å². The molecule has 2 fully saturated rings. The molecule has 1 saturated carbocycles. The van der Waals surface area contributed by atoms with Gasteiger partial charge in [0.1, 0.15) is 0 Å². The van der Waals surface area contributed by atoms with Crippen LogP contribution >= 0.6 is 0 Å². The van der Waals surface area contributed by atoms with Crippen LogP contribution in [0, 0.1) is 11.3 Å². The molecule has 0 bridgehead atoms. The number of piperazine rings is 1. The van der Waals surface area contributed by atoms with Gasteiger partial charge in [-0.15, -0.1) is 5.10 Å². The van der Waals surface area contributed by atoms with Gasteiger partial charge in [0.05, 0.1) is 22.2 Å². The maximum Gasteiger partial charge on any atom is 0.243 e. The highest BCUT2D eigenvalue weighted by molar-refractivity contribution is 7.89. The van der Waals surface area contributed by atoms with Crippen molar-refractivity contribution in [3.8, 4) is 6.07 Å². The quantitative estimate of drug-likeness (QED) is 0.815. The zero-order valence-electron chi connectivity index (χ0n) is 14.2. The number of rotatable bonds is 4. The first-order chi connectivity index (χ1) is 12.6. The zero-order chi connectivity index (χ0) is 18.1. The molecule has 8 heteroatoms. The van der Waals surface area contributed by atoms with Crippen LogP contribution in [-0.2, 0) is 10.0 Å². The Morgan fingerprint density at radius 2 is 1.65 bits per heavy atom. The predicted molar refractivity (Wildman–Crippen MR) is 96.1 cm³/mol. The van der Waals surface area contributed by atoms with E-state index in [0.29, 0.717) is 37.7 Å². The van der Waals surface area contributed by atoms with Gasteiger partial charge >= 0.3 is 0 Å². The standard InChI is InChI=1S/C18H19N5O2S/c19-13-14-1-5-16(6-2-14)26(24,25)23-11-9-22(10-12-23)18-8-7-17(20-21-18)15-3-4-15/h1-2,5-8,15H,3-4,9-12H2. The largest absolute Gasteiger partial charge is 0.352 e. The third-order valence-electron chi connectivity index (χ3n) is 4.85. The Balaban J connectivity index is 1.42. The average molecular weight is 369 g/mol. The Bertz CT molecular complexity index is 923. The summed E-state index contributed by atoms with van der Waals surface area (Å²) in [5.41, 5.74) is 1.50. The molecule has 1 aliphatic carbocycles. The summed E-state index contributed by atoms with van der Waals surface area (Å²) in [6.45, 7) is 1.95. The number of anilines is 1. The number of nitrogens with zero attached hydrogens (tertiary/aromatic N) is 5. The Labute approximate surface area is 152 Å². The topological polar surface area (TPSA) is 90.2 Å². The molecule has 2 heterocycles. The maximum absolute atomic E-state index is 12.8. The molecule has 0 N–H and O–H groups in total. The van der Waals surface area contributed by atoms with E-state index in [0.717, 1.165) is 11.5 Å². The molecule has 1 aromatic carbocycles. The van der Waals surface area contributed by atoms with Crippen molar-refractivity contribution in [1.29, 1.82) is 5.26 Å². The molecule has 0 amide bonds. The summed E-state index contributed by atoms with van der Waals surface area (Å²) < 4.78 is 27.0. The minimum atomic E-state index is -3.54. The molecule has 0 spiro atoms. The molecule has 0 atom stereocenters. The summed E-state index contributed by atoms with van der Waals surface area (Å²) in [5.74, 6) is 1.37. The first-order valence-electron chi connectivity index (χ1n) is 8.67. The molecule has 0 radical (unpaired) electrons. The van der Waals surface area contributed by atoms with Crippen molar-refractivity contribution in [3.05, 3.63) is 47.7 Å². The van der Waals surface area contributed by atoms with Crippen LogP contribution in [0.4, 0.5) is 5.82 Å². The van der Waals surface area contributed by atoms with Crippen molar-refractivity contribution in [1.82, 2.24) is 14.5 Å². The monoisotopic (exact) mass is 369 g/mol. The van der Waals surface area contributed by atoms with Gasteiger partial charge in [-0.2, -0.15) is 14.7 Å². The molecule has 0 unspecified atom stereocenters. The SMILES string of the molecule is N#Cc1ccc(S(=O)(=O)N2CCN(c3ccc(C4CC4)nn3)CC2)cc1. The molecule has 2 aromatic rings. The number of nitriles is 1. The van der Waals surface area contributed by atoms with Gasteiger partial charge in [0.2, 0.25) is 10.0 Å². The number of sulfonamides is 1. The van der Waals surface area contributed by atoms with Crippen molar-refractivity contribution in [2.24, 2.45) is 0 Å². The highest BCUT2D eigenvalue weighted by Crippen LogP contribution is 2.38. The summed E-state index contributed by atoms with van der Waals surface area (Å²) in [4.78, 5) is 2.28. The molecular formula is C18H19N5O2S. The van der Waals surface area contributed by atoms with Gasteiger partial charge in [0.15, 0.2) is 5.82 Å². The van der Waals surface area contributed by atoms with Crippen LogP contribution in [0.15, 0.2) is 41.3 Å². The van der Waals surface area contributed by atoms with Crippen LogP contribution < -0.4 is 4.90 Å². The number of hydrogen-bond donors (Lipinski definition) is 0. The van der Waals surface area contributed by atoms with Crippen molar-refractivity contribution >= 4 is 15.8 Å². The van der Waals surface area contributed by atoms with Gasteiger partial charge in [-0.3, -0.25) is 0 Å². The highest BCUT2D eigenvalue weighted by atomic mass is 32.2. The first kappa shape index (κ1) is 16.9. The summed E-state index contributed by atoms with van der Waals surface area (Å²) >= 11 is 0. The minimum absolute atomic E-state index is 0.221. The number of aromatic nitrogens is 2. The van der Waals surface area contributed by atoms with Crippen LogP contribution in [0.2, 0.25) is 0 Å². The molecule has 1 aromatic heterocycles. The fraction of sp³-hybridized carbons (Fsp3) is 0.389. The van der Waals surface area contributed by atoms with E-state index in [1.807, 2.05) is 18.2 Å². The Hall–Kier alpha value is -2.50. The lowest BCUT2D eigenvalue weighted by molar-refractivity contribution is 0.383. The molecule has 134 valence electrons. The van der Waals surface area contributed by atoms with Gasteiger partial charge in [-0.1, -0.05) is 0 Å². The summed E-state index contributed by atoms with van der Waals surface area (Å²) in [6, 6.07) is 12.0. The number of hydrogen-bond acceptors (Lipinski definition) is 6. The second-order valence-electron chi connectivity index (χ2n) is 6.62. The van der Waals surface area contributed by atoms with Crippen molar-refractivity contribution in [2.45, 2.75) is 23.7 Å². The second-order valence-corrected chi connectivity index (χ2v) is 8.56. The number of benzene rings is 1. The summed E-state index contributed by atoms with van der Waals surface area (Å²) in [5, 5.41) is 17.4. The lowest BCUT2D eigenvalue weighted by Crippen LogP contribution is -2.49. The van der Waals surface area contributed by atoms with Gasteiger partial charge in [0, 0.05) is 32.1 Å². The first-order valence-corrected chi connectivity index (χ1v) is 10.1. The van der Waals surface area contributed by atoms with E-state index in [4.69, 9.17) is 5.26 Å². The summed E-state index contributed by atoms with van der Waals surface area (Å²) in [6.07, 6.45) is 2.39. The molecule has 1 aliphatic heterocycles. The predicted octanol–water partition coefficient (Wildman–Crippen LogP) is 1.74. The molecule has 1 saturated heterocycles. The van der Waals surface area contributed by atoms with E-state index < -0.39 is 10.0 Å². The highest BCUT2D eigenvalue weighted by Gasteiger charge is 2.29. The molecule has 4 rings (SSSR count). The summed E-state index contributed by atoms with van der Waals surface area (Å²) in [7, 11) is -3.54. The van der Waals surface area contributed by atoms with Crippen molar-refractivity contribution < 1.29 is 8.42 Å². The van der Waals surface area contributed by atoms with Crippen LogP contribution in [0.5, 0.6) is 0 Å². The van der Waals surface area contributed by atoms with E-state index in [1.165, 1.54) is 41.4 Å². The lowest BCUT2D eigenvalue weighted by Gasteiger charge is -2.34. The Morgan fingerprint density at radius 3 is 2.19 bits per heavy atom. The maximum atomic E-state index is 12.8. The van der Waals surface area contributed by atoms with Gasteiger partial charge < -0.3 is 4.90 Å². The second kappa shape index (κ2) is 6.67. The van der Waals surface area contributed by atoms with Gasteiger partial charge in [-0.05, 0) is 49.2 Å². The third kappa shape index (κ3) is 3.28. The lowest BCUT2D eigenvalue weighted by atomic mass is 10.2. The smallest absolute Gasteiger partial charge is 0.243 e. The van der Waals surface area contributed by atoms with Gasteiger partial charge in [-0.25, -0.2) is 8.42 Å². The van der Waals surface area contributed by atoms with Crippen LogP contribution in [-0.4, -0.2) is 49.1 Å². The average Bonchev–Trinajstić information content (AvgIpc) is 3.54. The van der Waals surface area contributed by atoms with E-state index in [9.17, 15) is 8.42 Å². The molecule has 26 heavy (non-hydrogen) atoms. The molecule has 2 aliphatic rings. The zero-order valence-corrected chi connectivity index (χ0v) is 15.1. The van der Waals surface area contributed by atoms with Gasteiger partial charge in [0.25, 0.3) is 0 Å². The van der Waals surface area contributed by atoms with E-state index in [2.05, 4.69) is 15.1 Å². The Morgan fingerprint density at radius 1 is 0.962 bits per heavy atom. The fourth-order valence-corrected chi connectivity index (χ4v) is 4.53. The van der Waals surface area contributed by atoms with Crippen LogP contribution in [0.25, 0.3) is 0 Å². The minimum Gasteiger partial charge on any atom is -0.352 e.